The maximum atomic E-state index is 13.5. The van der Waals surface area contributed by atoms with Crippen molar-refractivity contribution in [2.75, 3.05) is 14.1 Å². The summed E-state index contributed by atoms with van der Waals surface area (Å²) in [5.74, 6) is 0.155. The van der Waals surface area contributed by atoms with Gasteiger partial charge < -0.3 is 5.73 Å². The molecule has 5 heteroatoms. The van der Waals surface area contributed by atoms with Crippen molar-refractivity contribution in [3.8, 4) is 6.07 Å². The van der Waals surface area contributed by atoms with Crippen molar-refractivity contribution in [2.24, 2.45) is 5.73 Å². The Labute approximate surface area is 171 Å². The minimum atomic E-state index is -0.420. The van der Waals surface area contributed by atoms with Gasteiger partial charge in [0, 0.05) is 31.8 Å². The van der Waals surface area contributed by atoms with E-state index in [1.807, 2.05) is 72.6 Å². The average Bonchev–Trinajstić information content (AvgIpc) is 2.73. The van der Waals surface area contributed by atoms with Crippen LogP contribution in [0.5, 0.6) is 0 Å². The molecule has 29 heavy (non-hydrogen) atoms. The molecule has 2 aromatic rings. The maximum Gasteiger partial charge on any atom is 0.162 e. The van der Waals surface area contributed by atoms with Crippen LogP contribution in [0.25, 0.3) is 0 Å². The van der Waals surface area contributed by atoms with Gasteiger partial charge in [0.15, 0.2) is 5.78 Å². The molecule has 2 aromatic carbocycles. The zero-order valence-corrected chi connectivity index (χ0v) is 16.7. The molecule has 0 radical (unpaired) electrons. The molecular formula is C24H24N4O. The second-order valence-corrected chi connectivity index (χ2v) is 7.71. The smallest absolute Gasteiger partial charge is 0.162 e. The largest absolute Gasteiger partial charge is 0.383 e. The lowest BCUT2D eigenvalue weighted by molar-refractivity contribution is -0.117. The molecular weight excluding hydrogens is 360 g/mol. The average molecular weight is 384 g/mol. The Morgan fingerprint density at radius 3 is 2.14 bits per heavy atom. The molecule has 4 rings (SSSR count). The molecule has 2 aliphatic rings. The highest BCUT2D eigenvalue weighted by molar-refractivity contribution is 6.00. The van der Waals surface area contributed by atoms with Crippen LogP contribution in [0.2, 0.25) is 0 Å². The van der Waals surface area contributed by atoms with Gasteiger partial charge in [0.2, 0.25) is 0 Å². The first-order valence-corrected chi connectivity index (χ1v) is 9.76. The monoisotopic (exact) mass is 384 g/mol. The van der Waals surface area contributed by atoms with Crippen molar-refractivity contribution >= 4 is 5.78 Å². The van der Waals surface area contributed by atoms with Crippen LogP contribution in [0.1, 0.15) is 35.8 Å². The third-order valence-electron chi connectivity index (χ3n) is 5.74. The summed E-state index contributed by atoms with van der Waals surface area (Å²) in [7, 11) is 3.76. The standard InChI is InChI=1S/C24H24N4O/c1-27(2)28-20-13-18(16-9-5-3-6-10-16)14-21(29)23(20)22(19(15-25)24(28)26)17-11-7-4-8-12-17/h3-12,18,22H,13-14,26H2,1-2H3/t18-,22-/m0/s1. The van der Waals surface area contributed by atoms with E-state index in [9.17, 15) is 10.1 Å². The lowest BCUT2D eigenvalue weighted by Gasteiger charge is -2.43. The number of nitrogens with zero attached hydrogens (tertiary/aromatic N) is 3. The van der Waals surface area contributed by atoms with Gasteiger partial charge in [-0.25, -0.2) is 5.01 Å². The molecule has 1 heterocycles. The summed E-state index contributed by atoms with van der Waals surface area (Å²) in [6.07, 6.45) is 1.14. The van der Waals surface area contributed by atoms with E-state index in [0.717, 1.165) is 16.8 Å². The third kappa shape index (κ3) is 3.22. The van der Waals surface area contributed by atoms with Gasteiger partial charge in [0.1, 0.15) is 5.82 Å². The first kappa shape index (κ1) is 19.0. The fourth-order valence-electron chi connectivity index (χ4n) is 4.51. The van der Waals surface area contributed by atoms with Crippen LogP contribution in [0, 0.1) is 11.3 Å². The molecule has 0 amide bonds. The van der Waals surface area contributed by atoms with Crippen molar-refractivity contribution in [2.45, 2.75) is 24.7 Å². The van der Waals surface area contributed by atoms with Crippen LogP contribution in [0.4, 0.5) is 0 Å². The van der Waals surface area contributed by atoms with Crippen LogP contribution in [-0.2, 0) is 4.79 Å². The maximum absolute atomic E-state index is 13.5. The highest BCUT2D eigenvalue weighted by atomic mass is 16.1. The first-order valence-electron chi connectivity index (χ1n) is 9.76. The van der Waals surface area contributed by atoms with Crippen molar-refractivity contribution in [3.05, 3.63) is 94.5 Å². The van der Waals surface area contributed by atoms with Crippen molar-refractivity contribution in [3.63, 3.8) is 0 Å². The van der Waals surface area contributed by atoms with E-state index < -0.39 is 5.92 Å². The molecule has 0 unspecified atom stereocenters. The minimum Gasteiger partial charge on any atom is -0.383 e. The van der Waals surface area contributed by atoms with Gasteiger partial charge in [0.25, 0.3) is 0 Å². The van der Waals surface area contributed by atoms with Gasteiger partial charge in [-0.1, -0.05) is 60.7 Å². The van der Waals surface area contributed by atoms with Crippen LogP contribution in [0.3, 0.4) is 0 Å². The van der Waals surface area contributed by atoms with Gasteiger partial charge in [-0.3, -0.25) is 9.80 Å². The van der Waals surface area contributed by atoms with E-state index in [1.54, 1.807) is 0 Å². The summed E-state index contributed by atoms with van der Waals surface area (Å²) in [6.45, 7) is 0. The fraction of sp³-hybridized carbons (Fsp3) is 0.250. The van der Waals surface area contributed by atoms with Gasteiger partial charge in [0.05, 0.1) is 17.6 Å². The van der Waals surface area contributed by atoms with Crippen LogP contribution < -0.4 is 5.73 Å². The summed E-state index contributed by atoms with van der Waals surface area (Å²) in [4.78, 5) is 13.5. The fourth-order valence-corrected chi connectivity index (χ4v) is 4.51. The number of ketones is 1. The van der Waals surface area contributed by atoms with Gasteiger partial charge >= 0.3 is 0 Å². The molecule has 0 bridgehead atoms. The lowest BCUT2D eigenvalue weighted by atomic mass is 9.72. The molecule has 0 saturated carbocycles. The van der Waals surface area contributed by atoms with Gasteiger partial charge in [-0.15, -0.1) is 0 Å². The Bertz CT molecular complexity index is 1030. The van der Waals surface area contributed by atoms with E-state index in [2.05, 4.69) is 18.2 Å². The summed E-state index contributed by atoms with van der Waals surface area (Å²) < 4.78 is 0. The Balaban J connectivity index is 1.89. The topological polar surface area (TPSA) is 73.4 Å². The number of hydrogen-bond donors (Lipinski definition) is 1. The predicted molar refractivity (Wildman–Crippen MR) is 112 cm³/mol. The summed E-state index contributed by atoms with van der Waals surface area (Å²) in [5.41, 5.74) is 10.6. The van der Waals surface area contributed by atoms with E-state index >= 15 is 0 Å². The Morgan fingerprint density at radius 1 is 1.00 bits per heavy atom. The lowest BCUT2D eigenvalue weighted by Crippen LogP contribution is -2.46. The van der Waals surface area contributed by atoms with Crippen LogP contribution in [0.15, 0.2) is 83.3 Å². The molecule has 146 valence electrons. The van der Waals surface area contributed by atoms with Crippen molar-refractivity contribution in [1.29, 1.82) is 5.26 Å². The zero-order chi connectivity index (χ0) is 20.5. The van der Waals surface area contributed by atoms with Gasteiger partial charge in [-0.05, 0) is 23.5 Å². The molecule has 2 atom stereocenters. The SMILES string of the molecule is CN(C)N1C(N)=C(C#N)[C@H](c2ccccc2)C2=C1C[C@H](c1ccccc1)CC2=O. The molecule has 1 aliphatic heterocycles. The van der Waals surface area contributed by atoms with Crippen molar-refractivity contribution in [1.82, 2.24) is 10.0 Å². The number of rotatable bonds is 3. The Kier molecular flexibility index (Phi) is 4.96. The molecule has 5 nitrogen and oxygen atoms in total. The Hall–Kier alpha value is -3.36. The van der Waals surface area contributed by atoms with Gasteiger partial charge in [-0.2, -0.15) is 5.26 Å². The number of allylic oxidation sites excluding steroid dienone is 3. The summed E-state index contributed by atoms with van der Waals surface area (Å²) >= 11 is 0. The predicted octanol–water partition coefficient (Wildman–Crippen LogP) is 3.66. The second-order valence-electron chi connectivity index (χ2n) is 7.71. The second kappa shape index (κ2) is 7.57. The number of nitrogens with two attached hydrogens (primary N) is 1. The molecule has 2 N–H and O–H groups in total. The number of benzene rings is 2. The molecule has 0 aromatic heterocycles. The highest BCUT2D eigenvalue weighted by Crippen LogP contribution is 2.47. The van der Waals surface area contributed by atoms with E-state index in [4.69, 9.17) is 5.73 Å². The molecule has 1 aliphatic carbocycles. The van der Waals surface area contributed by atoms with E-state index in [1.165, 1.54) is 0 Å². The minimum absolute atomic E-state index is 0.0843. The number of hydrazine groups is 1. The number of carbonyl (C=O) groups is 1. The van der Waals surface area contributed by atoms with Crippen LogP contribution in [-0.4, -0.2) is 29.9 Å². The molecule has 0 spiro atoms. The normalized spacial score (nSPS) is 22.0. The first-order chi connectivity index (χ1) is 14.0. The quantitative estimate of drug-likeness (QED) is 0.874. The zero-order valence-electron chi connectivity index (χ0n) is 16.7. The summed E-state index contributed by atoms with van der Waals surface area (Å²) in [6, 6.07) is 22.1. The number of hydrogen-bond acceptors (Lipinski definition) is 5. The third-order valence-corrected chi connectivity index (χ3v) is 5.74. The molecule has 0 saturated heterocycles. The number of nitriles is 1. The Morgan fingerprint density at radius 2 is 1.59 bits per heavy atom. The van der Waals surface area contributed by atoms with Crippen molar-refractivity contribution < 1.29 is 4.79 Å². The summed E-state index contributed by atoms with van der Waals surface area (Å²) in [5, 5.41) is 13.6. The van der Waals surface area contributed by atoms with E-state index in [0.29, 0.717) is 29.8 Å². The van der Waals surface area contributed by atoms with E-state index in [-0.39, 0.29) is 11.7 Å². The number of Topliss-reactive ketones (excluding diaryl/α,β-unsaturated/α-hetero) is 1. The van der Waals surface area contributed by atoms with Crippen LogP contribution >= 0.6 is 0 Å². The molecule has 0 fully saturated rings. The number of carbonyl (C=O) groups excluding carboxylic acids is 1. The highest BCUT2D eigenvalue weighted by Gasteiger charge is 2.43.